The fraction of sp³-hybridized carbons (Fsp3) is 0.345. The van der Waals surface area contributed by atoms with Crippen molar-refractivity contribution >= 4 is 11.6 Å². The molecule has 0 bridgehead atoms. The van der Waals surface area contributed by atoms with Crippen molar-refractivity contribution in [2.75, 3.05) is 37.7 Å². The number of ether oxygens (including phenoxy) is 2. The summed E-state index contributed by atoms with van der Waals surface area (Å²) in [6.07, 6.45) is 2.87. The fourth-order valence-corrected chi connectivity index (χ4v) is 5.83. The first-order valence-corrected chi connectivity index (χ1v) is 12.3. The Morgan fingerprint density at radius 1 is 0.824 bits per heavy atom. The van der Waals surface area contributed by atoms with Gasteiger partial charge in [0.15, 0.2) is 11.5 Å². The van der Waals surface area contributed by atoms with Crippen LogP contribution in [-0.2, 0) is 0 Å². The SMILES string of the molecule is O=C(c1ccc2c(c1)OCCCO2)N1CCC2(CC1)CN(c1ccccc1)C2c1ccccc1. The summed E-state index contributed by atoms with van der Waals surface area (Å²) in [5.41, 5.74) is 3.51. The smallest absolute Gasteiger partial charge is 0.253 e. The highest BCUT2D eigenvalue weighted by atomic mass is 16.5. The molecule has 1 atom stereocenters. The van der Waals surface area contributed by atoms with E-state index in [1.807, 2.05) is 23.1 Å². The molecule has 3 aliphatic heterocycles. The van der Waals surface area contributed by atoms with Crippen molar-refractivity contribution in [2.45, 2.75) is 25.3 Å². The molecule has 1 spiro atoms. The van der Waals surface area contributed by atoms with E-state index in [9.17, 15) is 4.79 Å². The lowest BCUT2D eigenvalue weighted by atomic mass is 9.63. The Kier molecular flexibility index (Phi) is 5.40. The molecule has 6 rings (SSSR count). The predicted molar refractivity (Wildman–Crippen MR) is 133 cm³/mol. The molecule has 2 saturated heterocycles. The maximum atomic E-state index is 13.3. The number of likely N-dealkylation sites (tertiary alicyclic amines) is 1. The van der Waals surface area contributed by atoms with Gasteiger partial charge in [0.2, 0.25) is 0 Å². The van der Waals surface area contributed by atoms with E-state index < -0.39 is 0 Å². The number of hydrogen-bond donors (Lipinski definition) is 0. The lowest BCUT2D eigenvalue weighted by molar-refractivity contribution is 0.0271. The summed E-state index contributed by atoms with van der Waals surface area (Å²) >= 11 is 0. The molecule has 1 amide bonds. The van der Waals surface area contributed by atoms with Crippen LogP contribution in [0.2, 0.25) is 0 Å². The van der Waals surface area contributed by atoms with Crippen LogP contribution in [-0.4, -0.2) is 43.7 Å². The maximum Gasteiger partial charge on any atom is 0.253 e. The fourth-order valence-electron chi connectivity index (χ4n) is 5.83. The van der Waals surface area contributed by atoms with E-state index in [0.717, 1.165) is 44.6 Å². The number of carbonyl (C=O) groups excluding carboxylic acids is 1. The molecule has 0 N–H and O–H groups in total. The van der Waals surface area contributed by atoms with Crippen molar-refractivity contribution < 1.29 is 14.3 Å². The van der Waals surface area contributed by atoms with Crippen molar-refractivity contribution in [1.29, 1.82) is 0 Å². The van der Waals surface area contributed by atoms with Gasteiger partial charge in [0.05, 0.1) is 19.3 Å². The molecule has 2 fully saturated rings. The third kappa shape index (κ3) is 3.69. The Labute approximate surface area is 200 Å². The Morgan fingerprint density at radius 2 is 1.50 bits per heavy atom. The first-order valence-electron chi connectivity index (χ1n) is 12.3. The monoisotopic (exact) mass is 454 g/mol. The minimum Gasteiger partial charge on any atom is -0.490 e. The maximum absolute atomic E-state index is 13.3. The van der Waals surface area contributed by atoms with Crippen LogP contribution in [0.3, 0.4) is 0 Å². The van der Waals surface area contributed by atoms with Crippen molar-refractivity contribution in [2.24, 2.45) is 5.41 Å². The number of piperidine rings is 1. The van der Waals surface area contributed by atoms with Gasteiger partial charge in [-0.15, -0.1) is 0 Å². The molecule has 174 valence electrons. The van der Waals surface area contributed by atoms with Crippen LogP contribution < -0.4 is 14.4 Å². The number of rotatable bonds is 3. The number of amides is 1. The summed E-state index contributed by atoms with van der Waals surface area (Å²) < 4.78 is 11.5. The molecule has 5 heteroatoms. The van der Waals surface area contributed by atoms with E-state index >= 15 is 0 Å². The van der Waals surface area contributed by atoms with Gasteiger partial charge in [-0.05, 0) is 48.7 Å². The van der Waals surface area contributed by atoms with E-state index in [2.05, 4.69) is 65.6 Å². The highest BCUT2D eigenvalue weighted by Crippen LogP contribution is 2.56. The van der Waals surface area contributed by atoms with Gasteiger partial charge in [0.25, 0.3) is 5.91 Å². The van der Waals surface area contributed by atoms with Crippen LogP contribution >= 0.6 is 0 Å². The van der Waals surface area contributed by atoms with Gasteiger partial charge in [-0.3, -0.25) is 4.79 Å². The zero-order valence-corrected chi connectivity index (χ0v) is 19.4. The van der Waals surface area contributed by atoms with Crippen LogP contribution in [0.1, 0.15) is 41.2 Å². The minimum atomic E-state index is 0.0843. The van der Waals surface area contributed by atoms with Crippen molar-refractivity contribution in [1.82, 2.24) is 4.90 Å². The molecule has 34 heavy (non-hydrogen) atoms. The largest absolute Gasteiger partial charge is 0.490 e. The molecule has 3 heterocycles. The zero-order valence-electron chi connectivity index (χ0n) is 19.4. The lowest BCUT2D eigenvalue weighted by Crippen LogP contribution is -2.62. The second kappa shape index (κ2) is 8.71. The topological polar surface area (TPSA) is 42.0 Å². The molecular weight excluding hydrogens is 424 g/mol. The number of hydrogen-bond acceptors (Lipinski definition) is 4. The van der Waals surface area contributed by atoms with Gasteiger partial charge in [-0.2, -0.15) is 0 Å². The molecule has 0 radical (unpaired) electrons. The van der Waals surface area contributed by atoms with Crippen molar-refractivity contribution in [3.63, 3.8) is 0 Å². The first-order chi connectivity index (χ1) is 16.7. The van der Waals surface area contributed by atoms with Gasteiger partial charge in [-0.1, -0.05) is 48.5 Å². The Balaban J connectivity index is 1.20. The van der Waals surface area contributed by atoms with Crippen molar-refractivity contribution in [3.8, 4) is 11.5 Å². The number of anilines is 1. The van der Waals surface area contributed by atoms with Crippen LogP contribution in [0.25, 0.3) is 0 Å². The number of fused-ring (bicyclic) bond motifs is 1. The number of carbonyl (C=O) groups is 1. The Morgan fingerprint density at radius 3 is 2.24 bits per heavy atom. The first kappa shape index (κ1) is 21.1. The van der Waals surface area contributed by atoms with Crippen LogP contribution in [0, 0.1) is 5.41 Å². The molecule has 0 aliphatic carbocycles. The number of nitrogens with zero attached hydrogens (tertiary/aromatic N) is 2. The van der Waals surface area contributed by atoms with Crippen LogP contribution in [0.15, 0.2) is 78.9 Å². The minimum absolute atomic E-state index is 0.0843. The number of para-hydroxylation sites is 1. The number of benzene rings is 3. The third-order valence-corrected chi connectivity index (χ3v) is 7.62. The van der Waals surface area contributed by atoms with Crippen molar-refractivity contribution in [3.05, 3.63) is 90.0 Å². The normalized spacial score (nSPS) is 21.0. The third-order valence-electron chi connectivity index (χ3n) is 7.62. The summed E-state index contributed by atoms with van der Waals surface area (Å²) in [5, 5.41) is 0. The molecule has 0 saturated carbocycles. The van der Waals surface area contributed by atoms with Gasteiger partial charge in [0.1, 0.15) is 0 Å². The van der Waals surface area contributed by atoms with E-state index in [0.29, 0.717) is 30.6 Å². The van der Waals surface area contributed by atoms with E-state index in [-0.39, 0.29) is 11.3 Å². The molecule has 3 aliphatic rings. The average molecular weight is 455 g/mol. The Bertz CT molecular complexity index is 1160. The second-order valence-electron chi connectivity index (χ2n) is 9.64. The predicted octanol–water partition coefficient (Wildman–Crippen LogP) is 5.33. The van der Waals surface area contributed by atoms with E-state index in [4.69, 9.17) is 9.47 Å². The standard InChI is InChI=1S/C29H30N2O3/c32-28(23-12-13-25-26(20-23)34-19-7-18-33-25)30-16-14-29(15-17-30)21-31(24-10-5-2-6-11-24)27(29)22-8-3-1-4-9-22/h1-6,8-13,20,27H,7,14-19,21H2. The zero-order chi connectivity index (χ0) is 23.0. The molecule has 3 aromatic rings. The highest BCUT2D eigenvalue weighted by Gasteiger charge is 2.54. The molecule has 3 aromatic carbocycles. The molecule has 1 unspecified atom stereocenters. The molecule has 5 nitrogen and oxygen atoms in total. The quantitative estimate of drug-likeness (QED) is 0.536. The second-order valence-corrected chi connectivity index (χ2v) is 9.64. The van der Waals surface area contributed by atoms with Crippen LogP contribution in [0.5, 0.6) is 11.5 Å². The summed E-state index contributed by atoms with van der Waals surface area (Å²) in [4.78, 5) is 17.9. The van der Waals surface area contributed by atoms with Gasteiger partial charge in [-0.25, -0.2) is 0 Å². The van der Waals surface area contributed by atoms with E-state index in [1.165, 1.54) is 11.3 Å². The summed E-state index contributed by atoms with van der Waals surface area (Å²) in [5.74, 6) is 1.49. The highest BCUT2D eigenvalue weighted by molar-refractivity contribution is 5.95. The Hall–Kier alpha value is -3.47. The van der Waals surface area contributed by atoms with Crippen LogP contribution in [0.4, 0.5) is 5.69 Å². The van der Waals surface area contributed by atoms with Gasteiger partial charge < -0.3 is 19.3 Å². The summed E-state index contributed by atoms with van der Waals surface area (Å²) in [6, 6.07) is 27.5. The average Bonchev–Trinajstić information content (AvgIpc) is 3.13. The van der Waals surface area contributed by atoms with Gasteiger partial charge >= 0.3 is 0 Å². The van der Waals surface area contributed by atoms with Gasteiger partial charge in [0, 0.05) is 42.7 Å². The summed E-state index contributed by atoms with van der Waals surface area (Å²) in [6.45, 7) is 3.86. The lowest BCUT2D eigenvalue weighted by Gasteiger charge is -2.61. The summed E-state index contributed by atoms with van der Waals surface area (Å²) in [7, 11) is 0. The van der Waals surface area contributed by atoms with E-state index in [1.54, 1.807) is 0 Å². The molecular formula is C29H30N2O3. The molecule has 0 aromatic heterocycles.